The van der Waals surface area contributed by atoms with Gasteiger partial charge in [-0.25, -0.2) is 0 Å². The van der Waals surface area contributed by atoms with Gasteiger partial charge in [-0.3, -0.25) is 0 Å². The molecule has 2 unspecified atom stereocenters. The van der Waals surface area contributed by atoms with Crippen molar-refractivity contribution in [3.8, 4) is 11.5 Å². The third-order valence-corrected chi connectivity index (χ3v) is 5.48. The molecule has 6 nitrogen and oxygen atoms in total. The normalized spacial score (nSPS) is 18.3. The van der Waals surface area contributed by atoms with Gasteiger partial charge >= 0.3 is 0 Å². The molecule has 1 aliphatic rings. The minimum atomic E-state index is -0.652. The Morgan fingerprint density at radius 3 is 2.79 bits per heavy atom. The molecule has 0 spiro atoms. The van der Waals surface area contributed by atoms with E-state index in [0.29, 0.717) is 23.5 Å². The average molecular weight is 417 g/mol. The number of rotatable bonds is 8. The van der Waals surface area contributed by atoms with Crippen LogP contribution in [0.25, 0.3) is 11.6 Å². The highest BCUT2D eigenvalue weighted by Crippen LogP contribution is 2.37. The van der Waals surface area contributed by atoms with Crippen LogP contribution in [0.15, 0.2) is 41.3 Å². The molecule has 4 N–H and O–H groups in total. The Morgan fingerprint density at radius 1 is 1.31 bits per heavy atom. The summed E-state index contributed by atoms with van der Waals surface area (Å²) in [7, 11) is 0. The number of aliphatic hydroxyl groups is 1. The summed E-state index contributed by atoms with van der Waals surface area (Å²) in [6, 6.07) is 11.2. The predicted molar refractivity (Wildman–Crippen MR) is 118 cm³/mol. The molecule has 1 heterocycles. The Labute approximate surface area is 175 Å². The van der Waals surface area contributed by atoms with Gasteiger partial charge in [-0.15, -0.1) is 11.8 Å². The fourth-order valence-corrected chi connectivity index (χ4v) is 3.71. The van der Waals surface area contributed by atoms with E-state index in [-0.39, 0.29) is 30.0 Å². The molecule has 2 aromatic carbocycles. The molecule has 7 heteroatoms. The highest BCUT2D eigenvalue weighted by atomic mass is 32.2. The van der Waals surface area contributed by atoms with Crippen molar-refractivity contribution in [1.82, 2.24) is 5.32 Å². The van der Waals surface area contributed by atoms with Crippen LogP contribution in [0, 0.1) is 5.21 Å². The molecule has 0 saturated heterocycles. The molecule has 1 aliphatic heterocycles. The van der Waals surface area contributed by atoms with E-state index < -0.39 is 6.10 Å². The smallest absolute Gasteiger partial charge is 0.143 e. The number of ether oxygens (including phenoxy) is 1. The lowest BCUT2D eigenvalue weighted by Gasteiger charge is -2.17. The summed E-state index contributed by atoms with van der Waals surface area (Å²) in [5, 5.41) is 36.2. The van der Waals surface area contributed by atoms with Crippen molar-refractivity contribution in [2.45, 2.75) is 30.9 Å². The SMILES string of the molecule is CSc1ccc(C=C2C[NH+]([O-])c3cccc(OCC(O)CNC(C)C)c32)c(O)c1. The summed E-state index contributed by atoms with van der Waals surface area (Å²) >= 11 is 1.56. The van der Waals surface area contributed by atoms with Gasteiger partial charge in [0.15, 0.2) is 0 Å². The van der Waals surface area contributed by atoms with Crippen LogP contribution in [0.2, 0.25) is 0 Å². The summed E-state index contributed by atoms with van der Waals surface area (Å²) in [5.41, 5.74) is 2.83. The van der Waals surface area contributed by atoms with Gasteiger partial charge in [-0.05, 0) is 30.5 Å². The Hall–Kier alpha value is -2.03. The van der Waals surface area contributed by atoms with Gasteiger partial charge in [0.05, 0.1) is 5.56 Å². The van der Waals surface area contributed by atoms with Crippen molar-refractivity contribution in [1.29, 1.82) is 0 Å². The zero-order chi connectivity index (χ0) is 21.0. The van der Waals surface area contributed by atoms with Gasteiger partial charge in [0.1, 0.15) is 36.4 Å². The minimum Gasteiger partial charge on any atom is -0.629 e. The van der Waals surface area contributed by atoms with E-state index in [1.54, 1.807) is 30.0 Å². The van der Waals surface area contributed by atoms with Crippen LogP contribution in [0.3, 0.4) is 0 Å². The first-order chi connectivity index (χ1) is 13.9. The molecule has 156 valence electrons. The van der Waals surface area contributed by atoms with Crippen molar-refractivity contribution in [3.05, 3.63) is 52.7 Å². The van der Waals surface area contributed by atoms with Crippen LogP contribution < -0.4 is 15.1 Å². The average Bonchev–Trinajstić information content (AvgIpc) is 3.02. The Balaban J connectivity index is 1.85. The van der Waals surface area contributed by atoms with Crippen LogP contribution >= 0.6 is 11.8 Å². The fourth-order valence-electron chi connectivity index (χ4n) is 3.27. The summed E-state index contributed by atoms with van der Waals surface area (Å²) in [6.45, 7) is 4.86. The zero-order valence-corrected chi connectivity index (χ0v) is 17.8. The minimum absolute atomic E-state index is 0.0268. The van der Waals surface area contributed by atoms with Crippen molar-refractivity contribution in [2.75, 3.05) is 26.0 Å². The van der Waals surface area contributed by atoms with E-state index in [2.05, 4.69) is 5.32 Å². The van der Waals surface area contributed by atoms with Crippen LogP contribution in [-0.4, -0.2) is 48.3 Å². The first-order valence-corrected chi connectivity index (χ1v) is 10.9. The number of benzene rings is 2. The summed E-state index contributed by atoms with van der Waals surface area (Å²) in [4.78, 5) is 0.973. The van der Waals surface area contributed by atoms with E-state index in [9.17, 15) is 15.4 Å². The molecular weight excluding hydrogens is 388 g/mol. The molecule has 0 aliphatic carbocycles. The maximum absolute atomic E-state index is 12.5. The van der Waals surface area contributed by atoms with Gasteiger partial charge < -0.3 is 30.5 Å². The molecule has 0 radical (unpaired) electrons. The molecule has 0 aromatic heterocycles. The van der Waals surface area contributed by atoms with Gasteiger partial charge in [0.25, 0.3) is 0 Å². The van der Waals surface area contributed by atoms with E-state index in [0.717, 1.165) is 16.0 Å². The number of fused-ring (bicyclic) bond motifs is 1. The zero-order valence-electron chi connectivity index (χ0n) is 16.9. The molecule has 0 amide bonds. The largest absolute Gasteiger partial charge is 0.629 e. The van der Waals surface area contributed by atoms with Crippen LogP contribution in [0.1, 0.15) is 25.0 Å². The molecular formula is C22H28N2O4S. The van der Waals surface area contributed by atoms with Crippen molar-refractivity contribution in [3.63, 3.8) is 0 Å². The number of thioether (sulfide) groups is 1. The van der Waals surface area contributed by atoms with Crippen LogP contribution in [0.5, 0.6) is 11.5 Å². The second-order valence-electron chi connectivity index (χ2n) is 7.40. The van der Waals surface area contributed by atoms with Gasteiger partial charge in [0.2, 0.25) is 0 Å². The van der Waals surface area contributed by atoms with Gasteiger partial charge in [-0.1, -0.05) is 26.0 Å². The monoisotopic (exact) mass is 416 g/mol. The summed E-state index contributed by atoms with van der Waals surface area (Å²) in [5.74, 6) is 0.752. The van der Waals surface area contributed by atoms with Crippen molar-refractivity contribution < 1.29 is 20.0 Å². The van der Waals surface area contributed by atoms with Crippen molar-refractivity contribution in [2.24, 2.45) is 0 Å². The molecule has 2 atom stereocenters. The number of hydroxylamine groups is 1. The Kier molecular flexibility index (Phi) is 7.21. The van der Waals surface area contributed by atoms with E-state index in [1.807, 2.05) is 44.4 Å². The summed E-state index contributed by atoms with van der Waals surface area (Å²) in [6.07, 6.45) is 3.14. The molecule has 0 fully saturated rings. The highest BCUT2D eigenvalue weighted by Gasteiger charge is 2.28. The van der Waals surface area contributed by atoms with E-state index >= 15 is 0 Å². The standard InChI is InChI=1S/C22H28N2O4S/c1-14(2)23-11-17(25)13-28-21-6-4-5-19-22(21)16(12-24(19)27)9-15-7-8-18(29-3)10-20(15)26/h4-10,14,17,23-26H,11-13H2,1-3H3. The first-order valence-electron chi connectivity index (χ1n) is 9.67. The maximum atomic E-state index is 12.5. The molecule has 2 aromatic rings. The third-order valence-electron chi connectivity index (χ3n) is 4.76. The van der Waals surface area contributed by atoms with Gasteiger partial charge in [-0.2, -0.15) is 0 Å². The summed E-state index contributed by atoms with van der Waals surface area (Å²) < 4.78 is 5.88. The van der Waals surface area contributed by atoms with Gasteiger partial charge in [0, 0.05) is 34.7 Å². The number of aliphatic hydroxyl groups excluding tert-OH is 1. The van der Waals surface area contributed by atoms with Crippen molar-refractivity contribution >= 4 is 29.1 Å². The highest BCUT2D eigenvalue weighted by molar-refractivity contribution is 7.98. The Morgan fingerprint density at radius 2 is 2.10 bits per heavy atom. The number of aromatic hydroxyl groups is 1. The topological polar surface area (TPSA) is 89.2 Å². The molecule has 0 bridgehead atoms. The second kappa shape index (κ2) is 9.65. The predicted octanol–water partition coefficient (Wildman–Crippen LogP) is 2.42. The first kappa shape index (κ1) is 21.7. The Bertz CT molecular complexity index is 885. The quantitative estimate of drug-likeness (QED) is 0.390. The maximum Gasteiger partial charge on any atom is 0.143 e. The lowest BCUT2D eigenvalue weighted by atomic mass is 10.0. The number of hydrogen-bond donors (Lipinski definition) is 4. The fraction of sp³-hybridized carbons (Fsp3) is 0.364. The molecule has 0 saturated carbocycles. The lowest BCUT2D eigenvalue weighted by Crippen LogP contribution is -3.00. The van der Waals surface area contributed by atoms with Crippen LogP contribution in [-0.2, 0) is 0 Å². The molecule has 29 heavy (non-hydrogen) atoms. The van der Waals surface area contributed by atoms with Crippen LogP contribution in [0.4, 0.5) is 5.69 Å². The number of hydrogen-bond acceptors (Lipinski definition) is 6. The van der Waals surface area contributed by atoms with E-state index in [1.165, 1.54) is 0 Å². The third kappa shape index (κ3) is 5.32. The number of phenolic OH excluding ortho intramolecular Hbond substituents is 1. The number of nitrogens with one attached hydrogen (secondary N) is 2. The number of quaternary nitrogens is 1. The molecule has 3 rings (SSSR count). The second-order valence-corrected chi connectivity index (χ2v) is 8.28. The van der Waals surface area contributed by atoms with E-state index in [4.69, 9.17) is 4.74 Å². The lowest BCUT2D eigenvalue weighted by molar-refractivity contribution is -0.762. The number of phenols is 1.